The molecule has 29 heavy (non-hydrogen) atoms. The summed E-state index contributed by atoms with van der Waals surface area (Å²) in [5, 5.41) is 15.2. The minimum absolute atomic E-state index is 0.0589. The zero-order valence-electron chi connectivity index (χ0n) is 15.3. The first-order chi connectivity index (χ1) is 13.7. The van der Waals surface area contributed by atoms with Gasteiger partial charge in [-0.25, -0.2) is 23.3 Å². The minimum Gasteiger partial charge on any atom is -0.497 e. The maximum atomic E-state index is 12.0. The van der Waals surface area contributed by atoms with Crippen molar-refractivity contribution < 1.29 is 27.6 Å². The van der Waals surface area contributed by atoms with E-state index in [2.05, 4.69) is 4.98 Å². The Balaban J connectivity index is 2.19. The third kappa shape index (κ3) is 4.37. The first kappa shape index (κ1) is 20.3. The van der Waals surface area contributed by atoms with E-state index in [1.54, 1.807) is 30.3 Å². The van der Waals surface area contributed by atoms with Gasteiger partial charge in [0.05, 0.1) is 12.0 Å². The fourth-order valence-corrected chi connectivity index (χ4v) is 3.40. The van der Waals surface area contributed by atoms with Crippen LogP contribution in [0.3, 0.4) is 0 Å². The molecule has 0 radical (unpaired) electrons. The van der Waals surface area contributed by atoms with Gasteiger partial charge in [0.1, 0.15) is 18.0 Å². The molecular weight excluding hydrogens is 400 g/mol. The maximum Gasteiger partial charge on any atom is 0.339 e. The molecule has 5 N–H and O–H groups in total. The van der Waals surface area contributed by atoms with E-state index in [9.17, 15) is 18.4 Å². The lowest BCUT2D eigenvalue weighted by Gasteiger charge is -2.08. The van der Waals surface area contributed by atoms with Gasteiger partial charge in [0.15, 0.2) is 5.76 Å². The van der Waals surface area contributed by atoms with Crippen LogP contribution < -0.4 is 15.6 Å². The Bertz CT molecular complexity index is 1140. The van der Waals surface area contributed by atoms with Crippen LogP contribution in [0.15, 0.2) is 57.8 Å². The first-order valence-electron chi connectivity index (χ1n) is 8.23. The molecule has 0 fully saturated rings. The van der Waals surface area contributed by atoms with E-state index in [1.165, 1.54) is 25.3 Å². The molecule has 0 saturated heterocycles. The van der Waals surface area contributed by atoms with Crippen molar-refractivity contribution in [2.75, 3.05) is 7.11 Å². The average molecular weight is 418 g/mol. The first-order valence-corrected chi connectivity index (χ1v) is 9.77. The summed E-state index contributed by atoms with van der Waals surface area (Å²) < 4.78 is 34.9. The molecule has 0 atom stereocenters. The Morgan fingerprint density at radius 2 is 1.86 bits per heavy atom. The number of rotatable bonds is 6. The number of amides is 2. The summed E-state index contributed by atoms with van der Waals surface area (Å²) in [5.41, 5.74) is 6.08. The van der Waals surface area contributed by atoms with Crippen molar-refractivity contribution in [2.45, 2.75) is 11.4 Å². The summed E-state index contributed by atoms with van der Waals surface area (Å²) in [5.74, 6) is 0.656. The van der Waals surface area contributed by atoms with Crippen molar-refractivity contribution >= 4 is 16.1 Å². The summed E-state index contributed by atoms with van der Waals surface area (Å²) in [6.07, 6.45) is 0. The molecule has 1 aromatic heterocycles. The van der Waals surface area contributed by atoms with Crippen LogP contribution in [0.4, 0.5) is 4.79 Å². The topological polar surface area (TPSA) is 162 Å². The maximum absolute atomic E-state index is 12.0. The van der Waals surface area contributed by atoms with Crippen molar-refractivity contribution in [3.63, 3.8) is 0 Å². The highest BCUT2D eigenvalue weighted by Crippen LogP contribution is 2.36. The smallest absolute Gasteiger partial charge is 0.339 e. The average Bonchev–Trinajstić information content (AvgIpc) is 3.11. The van der Waals surface area contributed by atoms with Crippen LogP contribution in [0.1, 0.15) is 5.89 Å². The van der Waals surface area contributed by atoms with Gasteiger partial charge in [-0.3, -0.25) is 5.21 Å². The molecule has 152 valence electrons. The molecule has 2 aromatic carbocycles. The molecule has 0 spiro atoms. The Hall–Kier alpha value is -3.41. The lowest BCUT2D eigenvalue weighted by atomic mass is 10.1. The summed E-state index contributed by atoms with van der Waals surface area (Å²) in [6, 6.07) is 11.7. The molecule has 11 heteroatoms. The Labute approximate surface area is 166 Å². The second-order valence-electron chi connectivity index (χ2n) is 5.95. The lowest BCUT2D eigenvalue weighted by Crippen LogP contribution is -2.32. The number of urea groups is 1. The second kappa shape index (κ2) is 7.91. The third-order valence-corrected chi connectivity index (χ3v) is 4.98. The molecule has 0 aliphatic carbocycles. The standard InChI is InChI=1S/C18H18N4O6S/c1-27-12-8-6-11(7-9-12)16-17(28-15(21-16)10-22(24)18(19)23)13-4-2-3-5-14(13)29(20,25)26/h2-9,24H,10H2,1H3,(H2,19,23)(H2,20,25,26). The van der Waals surface area contributed by atoms with E-state index >= 15 is 0 Å². The number of oxazole rings is 1. The molecule has 3 rings (SSSR count). The molecule has 0 unspecified atom stereocenters. The number of nitrogens with zero attached hydrogens (tertiary/aromatic N) is 2. The Kier molecular flexibility index (Phi) is 5.55. The number of hydrogen-bond acceptors (Lipinski definition) is 7. The van der Waals surface area contributed by atoms with Crippen LogP contribution in [-0.2, 0) is 16.6 Å². The molecule has 0 aliphatic heterocycles. The summed E-state index contributed by atoms with van der Waals surface area (Å²) in [7, 11) is -2.54. The van der Waals surface area contributed by atoms with E-state index in [0.717, 1.165) is 0 Å². The molecule has 10 nitrogen and oxygen atoms in total. The molecule has 1 heterocycles. The zero-order valence-corrected chi connectivity index (χ0v) is 16.1. The highest BCUT2D eigenvalue weighted by Gasteiger charge is 2.24. The number of primary amides is 1. The largest absolute Gasteiger partial charge is 0.497 e. The summed E-state index contributed by atoms with van der Waals surface area (Å²) >= 11 is 0. The third-order valence-electron chi connectivity index (χ3n) is 4.01. The normalized spacial score (nSPS) is 11.3. The van der Waals surface area contributed by atoms with Gasteiger partial charge in [0, 0.05) is 11.1 Å². The molecule has 0 aliphatic rings. The van der Waals surface area contributed by atoms with Crippen LogP contribution in [0, 0.1) is 0 Å². The van der Waals surface area contributed by atoms with Crippen LogP contribution in [0.25, 0.3) is 22.6 Å². The number of sulfonamides is 1. The molecule has 0 saturated carbocycles. The fourth-order valence-electron chi connectivity index (χ4n) is 2.67. The number of hydroxylamine groups is 2. The van der Waals surface area contributed by atoms with Crippen LogP contribution in [-0.4, -0.2) is 36.8 Å². The number of benzene rings is 2. The van der Waals surface area contributed by atoms with E-state index in [4.69, 9.17) is 20.0 Å². The molecule has 3 aromatic rings. The van der Waals surface area contributed by atoms with Crippen molar-refractivity contribution in [3.05, 3.63) is 54.4 Å². The lowest BCUT2D eigenvalue weighted by molar-refractivity contribution is -0.0523. The van der Waals surface area contributed by atoms with E-state index in [0.29, 0.717) is 11.3 Å². The number of carbonyl (C=O) groups is 1. The van der Waals surface area contributed by atoms with Crippen molar-refractivity contribution in [2.24, 2.45) is 10.9 Å². The van der Waals surface area contributed by atoms with E-state index < -0.39 is 22.6 Å². The van der Waals surface area contributed by atoms with Crippen LogP contribution >= 0.6 is 0 Å². The van der Waals surface area contributed by atoms with Crippen molar-refractivity contribution in [1.29, 1.82) is 0 Å². The van der Waals surface area contributed by atoms with E-state index in [1.807, 2.05) is 0 Å². The summed E-state index contributed by atoms with van der Waals surface area (Å²) in [6.45, 7) is -0.434. The van der Waals surface area contributed by atoms with Gasteiger partial charge >= 0.3 is 6.03 Å². The van der Waals surface area contributed by atoms with Gasteiger partial charge in [-0.05, 0) is 36.4 Å². The van der Waals surface area contributed by atoms with Gasteiger partial charge in [-0.15, -0.1) is 0 Å². The molecular formula is C18H18N4O6S. The van der Waals surface area contributed by atoms with Gasteiger partial charge in [-0.1, -0.05) is 12.1 Å². The second-order valence-corrected chi connectivity index (χ2v) is 7.48. The molecule has 2 amide bonds. The highest BCUT2D eigenvalue weighted by atomic mass is 32.2. The summed E-state index contributed by atoms with van der Waals surface area (Å²) in [4.78, 5) is 15.3. The number of ether oxygens (including phenoxy) is 1. The zero-order chi connectivity index (χ0) is 21.2. The van der Waals surface area contributed by atoms with Crippen LogP contribution in [0.2, 0.25) is 0 Å². The van der Waals surface area contributed by atoms with Gasteiger partial charge in [0.2, 0.25) is 15.9 Å². The predicted molar refractivity (Wildman–Crippen MR) is 102 cm³/mol. The number of primary sulfonamides is 1. The Morgan fingerprint density at radius 1 is 1.21 bits per heavy atom. The highest BCUT2D eigenvalue weighted by molar-refractivity contribution is 7.89. The van der Waals surface area contributed by atoms with Crippen molar-refractivity contribution in [3.8, 4) is 28.3 Å². The number of carbonyl (C=O) groups excluding carboxylic acids is 1. The Morgan fingerprint density at radius 3 is 2.45 bits per heavy atom. The van der Waals surface area contributed by atoms with Crippen molar-refractivity contribution in [1.82, 2.24) is 10.0 Å². The minimum atomic E-state index is -4.06. The number of methoxy groups -OCH3 is 1. The quantitative estimate of drug-likeness (QED) is 0.407. The number of nitrogens with two attached hydrogens (primary N) is 2. The SMILES string of the molecule is COc1ccc(-c2nc(CN(O)C(N)=O)oc2-c2ccccc2S(N)(=O)=O)cc1. The predicted octanol–water partition coefficient (Wildman–Crippen LogP) is 1.93. The molecule has 0 bridgehead atoms. The fraction of sp³-hybridized carbons (Fsp3) is 0.111. The number of hydrogen-bond donors (Lipinski definition) is 3. The van der Waals surface area contributed by atoms with Gasteiger partial charge in [-0.2, -0.15) is 5.06 Å². The number of aromatic nitrogens is 1. The van der Waals surface area contributed by atoms with Gasteiger partial charge < -0.3 is 14.9 Å². The van der Waals surface area contributed by atoms with Gasteiger partial charge in [0.25, 0.3) is 0 Å². The van der Waals surface area contributed by atoms with Crippen LogP contribution in [0.5, 0.6) is 5.75 Å². The monoisotopic (exact) mass is 418 g/mol. The van der Waals surface area contributed by atoms with E-state index in [-0.39, 0.29) is 32.9 Å².